The molecule has 2 nitrogen and oxygen atoms in total. The van der Waals surface area contributed by atoms with Crippen molar-refractivity contribution in [3.8, 4) is 5.75 Å². The van der Waals surface area contributed by atoms with Gasteiger partial charge in [-0.1, -0.05) is 52.8 Å². The Hall–Kier alpha value is -1.02. The van der Waals surface area contributed by atoms with Crippen LogP contribution >= 0.6 is 0 Å². The van der Waals surface area contributed by atoms with Gasteiger partial charge in [-0.25, -0.2) is 0 Å². The fourth-order valence-corrected chi connectivity index (χ4v) is 2.02. The lowest BCUT2D eigenvalue weighted by atomic mass is 10.0. The third kappa shape index (κ3) is 4.34. The lowest BCUT2D eigenvalue weighted by molar-refractivity contribution is 0.230. The number of ether oxygens (including phenoxy) is 1. The van der Waals surface area contributed by atoms with Gasteiger partial charge < -0.3 is 10.1 Å². The van der Waals surface area contributed by atoms with Crippen molar-refractivity contribution in [3.05, 3.63) is 29.8 Å². The summed E-state index contributed by atoms with van der Waals surface area (Å²) in [5.74, 6) is 2.10. The van der Waals surface area contributed by atoms with Crippen LogP contribution in [0.4, 0.5) is 0 Å². The molecule has 0 saturated carbocycles. The molecule has 0 radical (unpaired) electrons. The van der Waals surface area contributed by atoms with E-state index in [1.54, 1.807) is 0 Å². The Labute approximate surface area is 112 Å². The van der Waals surface area contributed by atoms with Gasteiger partial charge >= 0.3 is 0 Å². The van der Waals surface area contributed by atoms with Gasteiger partial charge in [-0.05, 0) is 30.0 Å². The molecule has 1 aromatic carbocycles. The number of rotatable bonds is 7. The lowest BCUT2D eigenvalue weighted by Crippen LogP contribution is -2.38. The highest BCUT2D eigenvalue weighted by Gasteiger charge is 2.14. The summed E-state index contributed by atoms with van der Waals surface area (Å²) in [6.45, 7) is 12.7. The molecule has 1 rings (SSSR count). The SMILES string of the molecule is CCNC(COc1ccccc1C(C)C)C(C)C. The van der Waals surface area contributed by atoms with E-state index in [2.05, 4.69) is 58.1 Å². The van der Waals surface area contributed by atoms with Crippen molar-refractivity contribution < 1.29 is 4.74 Å². The maximum Gasteiger partial charge on any atom is 0.122 e. The minimum atomic E-state index is 0.412. The summed E-state index contributed by atoms with van der Waals surface area (Å²) in [6, 6.07) is 8.75. The Morgan fingerprint density at radius 1 is 1.11 bits per heavy atom. The summed E-state index contributed by atoms with van der Waals surface area (Å²) in [5, 5.41) is 3.48. The molecule has 0 fully saturated rings. The van der Waals surface area contributed by atoms with E-state index in [4.69, 9.17) is 4.74 Å². The number of benzene rings is 1. The molecule has 0 aliphatic rings. The van der Waals surface area contributed by atoms with Gasteiger partial charge in [-0.2, -0.15) is 0 Å². The Morgan fingerprint density at radius 3 is 2.33 bits per heavy atom. The summed E-state index contributed by atoms with van der Waals surface area (Å²) in [4.78, 5) is 0. The van der Waals surface area contributed by atoms with Crippen LogP contribution in [0.3, 0.4) is 0 Å². The molecule has 1 unspecified atom stereocenters. The van der Waals surface area contributed by atoms with E-state index in [9.17, 15) is 0 Å². The van der Waals surface area contributed by atoms with Gasteiger partial charge in [0.25, 0.3) is 0 Å². The Morgan fingerprint density at radius 2 is 1.78 bits per heavy atom. The van der Waals surface area contributed by atoms with E-state index in [-0.39, 0.29) is 0 Å². The van der Waals surface area contributed by atoms with E-state index in [0.29, 0.717) is 17.9 Å². The monoisotopic (exact) mass is 249 g/mol. The average Bonchev–Trinajstić information content (AvgIpc) is 2.34. The lowest BCUT2D eigenvalue weighted by Gasteiger charge is -2.23. The van der Waals surface area contributed by atoms with E-state index in [0.717, 1.165) is 18.9 Å². The van der Waals surface area contributed by atoms with Crippen LogP contribution in [0, 0.1) is 5.92 Å². The molecule has 102 valence electrons. The third-order valence-corrected chi connectivity index (χ3v) is 3.23. The van der Waals surface area contributed by atoms with E-state index >= 15 is 0 Å². The van der Waals surface area contributed by atoms with Crippen molar-refractivity contribution in [2.45, 2.75) is 46.6 Å². The number of likely N-dealkylation sites (N-methyl/N-ethyl adjacent to an activating group) is 1. The van der Waals surface area contributed by atoms with Crippen molar-refractivity contribution >= 4 is 0 Å². The maximum atomic E-state index is 6.01. The molecule has 0 aliphatic heterocycles. The van der Waals surface area contributed by atoms with E-state index in [1.807, 2.05) is 6.07 Å². The van der Waals surface area contributed by atoms with Gasteiger partial charge in [-0.15, -0.1) is 0 Å². The van der Waals surface area contributed by atoms with E-state index in [1.165, 1.54) is 5.56 Å². The van der Waals surface area contributed by atoms with Crippen LogP contribution in [-0.4, -0.2) is 19.2 Å². The first-order valence-corrected chi connectivity index (χ1v) is 7.01. The number of nitrogens with one attached hydrogen (secondary N) is 1. The first-order valence-electron chi connectivity index (χ1n) is 7.01. The fraction of sp³-hybridized carbons (Fsp3) is 0.625. The van der Waals surface area contributed by atoms with Gasteiger partial charge in [0.15, 0.2) is 0 Å². The van der Waals surface area contributed by atoms with Gasteiger partial charge in [0.2, 0.25) is 0 Å². The first kappa shape index (κ1) is 15.0. The predicted octanol–water partition coefficient (Wildman–Crippen LogP) is 3.82. The largest absolute Gasteiger partial charge is 0.492 e. The first-order chi connectivity index (χ1) is 8.56. The van der Waals surface area contributed by atoms with Gasteiger partial charge in [0.1, 0.15) is 12.4 Å². The van der Waals surface area contributed by atoms with Crippen molar-refractivity contribution in [2.24, 2.45) is 5.92 Å². The molecule has 0 heterocycles. The normalized spacial score (nSPS) is 13.1. The molecule has 0 amide bonds. The maximum absolute atomic E-state index is 6.01. The molecular formula is C16H27NO. The Kier molecular flexibility index (Phi) is 6.20. The highest BCUT2D eigenvalue weighted by atomic mass is 16.5. The summed E-state index contributed by atoms with van der Waals surface area (Å²) < 4.78 is 6.01. The number of hydrogen-bond donors (Lipinski definition) is 1. The zero-order valence-electron chi connectivity index (χ0n) is 12.4. The fourth-order valence-electron chi connectivity index (χ4n) is 2.02. The molecule has 0 aliphatic carbocycles. The molecule has 1 atom stereocenters. The topological polar surface area (TPSA) is 21.3 Å². The molecule has 1 N–H and O–H groups in total. The third-order valence-electron chi connectivity index (χ3n) is 3.23. The van der Waals surface area contributed by atoms with Crippen LogP contribution in [0.5, 0.6) is 5.75 Å². The molecule has 0 spiro atoms. The van der Waals surface area contributed by atoms with Crippen LogP contribution in [0.25, 0.3) is 0 Å². The Balaban J connectivity index is 2.67. The highest BCUT2D eigenvalue weighted by Crippen LogP contribution is 2.26. The van der Waals surface area contributed by atoms with Crippen molar-refractivity contribution in [3.63, 3.8) is 0 Å². The number of hydrogen-bond acceptors (Lipinski definition) is 2. The zero-order valence-corrected chi connectivity index (χ0v) is 12.4. The van der Waals surface area contributed by atoms with Crippen LogP contribution < -0.4 is 10.1 Å². The van der Waals surface area contributed by atoms with Gasteiger partial charge in [-0.3, -0.25) is 0 Å². The highest BCUT2D eigenvalue weighted by molar-refractivity contribution is 5.35. The van der Waals surface area contributed by atoms with Gasteiger partial charge in [0.05, 0.1) is 0 Å². The molecule has 1 aromatic rings. The van der Waals surface area contributed by atoms with Crippen LogP contribution in [0.1, 0.15) is 46.1 Å². The van der Waals surface area contributed by atoms with Crippen LogP contribution in [0.15, 0.2) is 24.3 Å². The summed E-state index contributed by atoms with van der Waals surface area (Å²) in [7, 11) is 0. The molecule has 0 bridgehead atoms. The molecule has 18 heavy (non-hydrogen) atoms. The minimum Gasteiger partial charge on any atom is -0.492 e. The summed E-state index contributed by atoms with van der Waals surface area (Å²) >= 11 is 0. The second-order valence-corrected chi connectivity index (χ2v) is 5.41. The smallest absolute Gasteiger partial charge is 0.122 e. The Bertz CT molecular complexity index is 347. The predicted molar refractivity (Wildman–Crippen MR) is 78.3 cm³/mol. The zero-order chi connectivity index (χ0) is 13.5. The van der Waals surface area contributed by atoms with Crippen LogP contribution in [0.2, 0.25) is 0 Å². The quantitative estimate of drug-likeness (QED) is 0.793. The molecular weight excluding hydrogens is 222 g/mol. The molecule has 0 saturated heterocycles. The average molecular weight is 249 g/mol. The summed E-state index contributed by atoms with van der Waals surface area (Å²) in [5.41, 5.74) is 1.29. The van der Waals surface area contributed by atoms with E-state index < -0.39 is 0 Å². The van der Waals surface area contributed by atoms with Gasteiger partial charge in [0, 0.05) is 6.04 Å². The second-order valence-electron chi connectivity index (χ2n) is 5.41. The standard InChI is InChI=1S/C16H27NO/c1-6-17-15(13(4)5)11-18-16-10-8-7-9-14(16)12(2)3/h7-10,12-13,15,17H,6,11H2,1-5H3. The number of para-hydroxylation sites is 1. The summed E-state index contributed by atoms with van der Waals surface area (Å²) in [6.07, 6.45) is 0. The second kappa shape index (κ2) is 7.42. The van der Waals surface area contributed by atoms with Crippen molar-refractivity contribution in [1.82, 2.24) is 5.32 Å². The molecule has 0 aromatic heterocycles. The molecule has 2 heteroatoms. The van der Waals surface area contributed by atoms with Crippen molar-refractivity contribution in [2.75, 3.05) is 13.2 Å². The minimum absolute atomic E-state index is 0.412. The van der Waals surface area contributed by atoms with Crippen molar-refractivity contribution in [1.29, 1.82) is 0 Å². The van der Waals surface area contributed by atoms with Crippen LogP contribution in [-0.2, 0) is 0 Å².